The molecule has 3 heterocycles. The third-order valence-electron chi connectivity index (χ3n) is 4.92. The zero-order valence-corrected chi connectivity index (χ0v) is 17.3. The van der Waals surface area contributed by atoms with Crippen molar-refractivity contribution in [1.29, 1.82) is 0 Å². The summed E-state index contributed by atoms with van der Waals surface area (Å²) in [4.78, 5) is 38.6. The molecular formula is C21H23N5O2S. The quantitative estimate of drug-likeness (QED) is 0.716. The van der Waals surface area contributed by atoms with Gasteiger partial charge in [0.05, 0.1) is 0 Å². The van der Waals surface area contributed by atoms with Gasteiger partial charge in [0, 0.05) is 49.5 Å². The predicted octanol–water partition coefficient (Wildman–Crippen LogP) is 3.25. The molecule has 1 N–H and O–H groups in total. The lowest BCUT2D eigenvalue weighted by Gasteiger charge is -2.34. The van der Waals surface area contributed by atoms with Gasteiger partial charge in [-0.15, -0.1) is 0 Å². The number of carbonyl (C=O) groups is 2. The van der Waals surface area contributed by atoms with Crippen LogP contribution < -0.4 is 10.2 Å². The van der Waals surface area contributed by atoms with Crippen LogP contribution in [0.1, 0.15) is 24.2 Å². The van der Waals surface area contributed by atoms with Crippen LogP contribution in [0, 0.1) is 5.92 Å². The Balaban J connectivity index is 1.36. The average molecular weight is 410 g/mol. The van der Waals surface area contributed by atoms with Crippen LogP contribution in [0.3, 0.4) is 0 Å². The molecule has 2 amide bonds. The largest absolute Gasteiger partial charge is 0.344 e. The number of aromatic nitrogens is 2. The maximum Gasteiger partial charge on any atom is 0.253 e. The van der Waals surface area contributed by atoms with Gasteiger partial charge in [-0.1, -0.05) is 25.2 Å². The lowest BCUT2D eigenvalue weighted by atomic mass is 10.1. The van der Waals surface area contributed by atoms with Gasteiger partial charge in [-0.2, -0.15) is 0 Å². The highest BCUT2D eigenvalue weighted by Crippen LogP contribution is 2.27. The summed E-state index contributed by atoms with van der Waals surface area (Å²) in [6.45, 7) is 6.47. The van der Waals surface area contributed by atoms with Crippen LogP contribution in [-0.4, -0.2) is 52.9 Å². The van der Waals surface area contributed by atoms with Crippen molar-refractivity contribution >= 4 is 44.3 Å². The average Bonchev–Trinajstić information content (AvgIpc) is 3.18. The van der Waals surface area contributed by atoms with Crippen LogP contribution in [-0.2, 0) is 4.79 Å². The molecule has 0 radical (unpaired) electrons. The number of benzene rings is 1. The zero-order chi connectivity index (χ0) is 20.4. The Kier molecular flexibility index (Phi) is 5.44. The molecular weight excluding hydrogens is 386 g/mol. The molecule has 4 rings (SSSR count). The molecule has 0 unspecified atom stereocenters. The topological polar surface area (TPSA) is 78.4 Å². The van der Waals surface area contributed by atoms with E-state index in [2.05, 4.69) is 20.2 Å². The van der Waals surface area contributed by atoms with Gasteiger partial charge in [0.2, 0.25) is 5.91 Å². The molecule has 1 fully saturated rings. The number of fused-ring (bicyclic) bond motifs is 1. The Hall–Kier alpha value is -3.00. The minimum atomic E-state index is -0.0844. The monoisotopic (exact) mass is 409 g/mol. The molecule has 1 aliphatic rings. The van der Waals surface area contributed by atoms with E-state index in [1.165, 1.54) is 0 Å². The molecule has 1 aromatic carbocycles. The first-order valence-electron chi connectivity index (χ1n) is 9.68. The Morgan fingerprint density at radius 2 is 1.79 bits per heavy atom. The zero-order valence-electron chi connectivity index (χ0n) is 16.5. The van der Waals surface area contributed by atoms with Crippen molar-refractivity contribution in [3.63, 3.8) is 0 Å². The number of hydrogen-bond donors (Lipinski definition) is 1. The summed E-state index contributed by atoms with van der Waals surface area (Å²) in [7, 11) is 0. The molecule has 0 bridgehead atoms. The normalized spacial score (nSPS) is 14.4. The summed E-state index contributed by atoms with van der Waals surface area (Å²) >= 11 is 1.58. The second-order valence-electron chi connectivity index (χ2n) is 7.32. The Morgan fingerprint density at radius 3 is 2.45 bits per heavy atom. The Bertz CT molecular complexity index is 990. The van der Waals surface area contributed by atoms with Crippen molar-refractivity contribution in [2.75, 3.05) is 36.4 Å². The number of nitrogens with one attached hydrogen (secondary N) is 1. The molecule has 150 valence electrons. The predicted molar refractivity (Wildman–Crippen MR) is 115 cm³/mol. The fourth-order valence-corrected chi connectivity index (χ4v) is 4.12. The van der Waals surface area contributed by atoms with E-state index in [4.69, 9.17) is 0 Å². The highest BCUT2D eigenvalue weighted by Gasteiger charge is 2.24. The molecule has 8 heteroatoms. The minimum Gasteiger partial charge on any atom is -0.344 e. The van der Waals surface area contributed by atoms with Gasteiger partial charge in [0.15, 0.2) is 5.13 Å². The Labute approximate surface area is 173 Å². The van der Waals surface area contributed by atoms with E-state index in [0.29, 0.717) is 24.3 Å². The first-order chi connectivity index (χ1) is 14.0. The van der Waals surface area contributed by atoms with Crippen LogP contribution in [0.25, 0.3) is 10.3 Å². The molecule has 0 spiro atoms. The maximum atomic E-state index is 12.8. The number of pyridine rings is 1. The summed E-state index contributed by atoms with van der Waals surface area (Å²) in [5.41, 5.74) is 2.25. The first kappa shape index (κ1) is 19.3. The van der Waals surface area contributed by atoms with Crippen molar-refractivity contribution < 1.29 is 9.59 Å². The molecule has 0 aliphatic carbocycles. The summed E-state index contributed by atoms with van der Waals surface area (Å²) < 4.78 is 0. The van der Waals surface area contributed by atoms with Crippen LogP contribution >= 0.6 is 11.3 Å². The van der Waals surface area contributed by atoms with E-state index in [9.17, 15) is 9.59 Å². The standard InChI is InChI=1S/C21H23N5O2S/c1-14(2)18(27)23-16-7-5-15(6-8-16)20(28)25-10-12-26(13-11-25)21-24-17-4-3-9-22-19(17)29-21/h3-9,14H,10-13H2,1-2H3,(H,23,27). The van der Waals surface area contributed by atoms with Crippen LogP contribution in [0.4, 0.5) is 10.8 Å². The summed E-state index contributed by atoms with van der Waals surface area (Å²) in [6.07, 6.45) is 1.78. The van der Waals surface area contributed by atoms with E-state index < -0.39 is 0 Å². The lowest BCUT2D eigenvalue weighted by Crippen LogP contribution is -2.48. The van der Waals surface area contributed by atoms with E-state index in [-0.39, 0.29) is 17.7 Å². The molecule has 0 atom stereocenters. The first-order valence-corrected chi connectivity index (χ1v) is 10.5. The van der Waals surface area contributed by atoms with E-state index >= 15 is 0 Å². The smallest absolute Gasteiger partial charge is 0.253 e. The van der Waals surface area contributed by atoms with Gasteiger partial charge in [0.1, 0.15) is 10.3 Å². The number of amides is 2. The molecule has 7 nitrogen and oxygen atoms in total. The van der Waals surface area contributed by atoms with Gasteiger partial charge in [-0.05, 0) is 36.4 Å². The fourth-order valence-electron chi connectivity index (χ4n) is 3.16. The molecule has 0 saturated carbocycles. The number of hydrogen-bond acceptors (Lipinski definition) is 6. The van der Waals surface area contributed by atoms with Gasteiger partial charge < -0.3 is 15.1 Å². The van der Waals surface area contributed by atoms with Gasteiger partial charge >= 0.3 is 0 Å². The SMILES string of the molecule is CC(C)C(=O)Nc1ccc(C(=O)N2CCN(c3nc4cccnc4s3)CC2)cc1. The maximum absolute atomic E-state index is 12.8. The second-order valence-corrected chi connectivity index (χ2v) is 8.28. The van der Waals surface area contributed by atoms with Gasteiger partial charge in [-0.25, -0.2) is 9.97 Å². The Morgan fingerprint density at radius 1 is 1.07 bits per heavy atom. The van der Waals surface area contributed by atoms with E-state index in [0.717, 1.165) is 28.6 Å². The van der Waals surface area contributed by atoms with Gasteiger partial charge in [0.25, 0.3) is 5.91 Å². The van der Waals surface area contributed by atoms with Crippen LogP contribution in [0.15, 0.2) is 42.6 Å². The highest BCUT2D eigenvalue weighted by atomic mass is 32.1. The summed E-state index contributed by atoms with van der Waals surface area (Å²) in [6, 6.07) is 10.9. The molecule has 1 aliphatic heterocycles. The third-order valence-corrected chi connectivity index (χ3v) is 5.96. The third kappa shape index (κ3) is 4.22. The van der Waals surface area contributed by atoms with Crippen molar-refractivity contribution in [3.8, 4) is 0 Å². The molecule has 3 aromatic rings. The van der Waals surface area contributed by atoms with Crippen molar-refractivity contribution in [3.05, 3.63) is 48.2 Å². The van der Waals surface area contributed by atoms with Crippen molar-refractivity contribution in [2.24, 2.45) is 5.92 Å². The minimum absolute atomic E-state index is 0.0114. The van der Waals surface area contributed by atoms with Crippen LogP contribution in [0.5, 0.6) is 0 Å². The summed E-state index contributed by atoms with van der Waals surface area (Å²) in [5, 5.41) is 3.80. The lowest BCUT2D eigenvalue weighted by molar-refractivity contribution is -0.118. The number of nitrogens with zero attached hydrogens (tertiary/aromatic N) is 4. The van der Waals surface area contributed by atoms with E-state index in [1.54, 1.807) is 41.8 Å². The summed E-state index contributed by atoms with van der Waals surface area (Å²) in [5.74, 6) is -0.110. The number of thiazole rings is 1. The number of rotatable bonds is 4. The number of carbonyl (C=O) groups excluding carboxylic acids is 2. The van der Waals surface area contributed by atoms with Crippen molar-refractivity contribution in [1.82, 2.24) is 14.9 Å². The van der Waals surface area contributed by atoms with Crippen LogP contribution in [0.2, 0.25) is 0 Å². The molecule has 1 saturated heterocycles. The second kappa shape index (κ2) is 8.16. The van der Waals surface area contributed by atoms with Gasteiger partial charge in [-0.3, -0.25) is 9.59 Å². The highest BCUT2D eigenvalue weighted by molar-refractivity contribution is 7.21. The van der Waals surface area contributed by atoms with Crippen molar-refractivity contribution in [2.45, 2.75) is 13.8 Å². The number of piperazine rings is 1. The number of anilines is 2. The van der Waals surface area contributed by atoms with E-state index in [1.807, 2.05) is 30.9 Å². The molecule has 2 aromatic heterocycles. The fraction of sp³-hybridized carbons (Fsp3) is 0.333. The molecule has 29 heavy (non-hydrogen) atoms.